The zero-order valence-electron chi connectivity index (χ0n) is 9.70. The molecule has 0 aliphatic heterocycles. The van der Waals surface area contributed by atoms with Gasteiger partial charge in [0.05, 0.1) is 11.7 Å². The maximum atomic E-state index is 3.70. The van der Waals surface area contributed by atoms with Crippen LogP contribution in [0.25, 0.3) is 0 Å². The van der Waals surface area contributed by atoms with Crippen molar-refractivity contribution in [2.45, 2.75) is 18.9 Å². The van der Waals surface area contributed by atoms with Crippen molar-refractivity contribution >= 4 is 48.9 Å². The molecule has 1 aromatic carbocycles. The molecule has 4 heteroatoms. The van der Waals surface area contributed by atoms with Crippen LogP contribution in [0.15, 0.2) is 44.7 Å². The van der Waals surface area contributed by atoms with Crippen molar-refractivity contribution in [3.63, 3.8) is 0 Å². The molecule has 0 radical (unpaired) electrons. The first-order chi connectivity index (χ1) is 8.75. The maximum absolute atomic E-state index is 3.70. The van der Waals surface area contributed by atoms with Gasteiger partial charge in [-0.15, -0.1) is 11.3 Å². The summed E-state index contributed by atoms with van der Waals surface area (Å²) in [7, 11) is 0. The van der Waals surface area contributed by atoms with Gasteiger partial charge < -0.3 is 5.32 Å². The van der Waals surface area contributed by atoms with Crippen LogP contribution in [0.3, 0.4) is 0 Å². The Hall–Kier alpha value is -0.320. The fraction of sp³-hybridized carbons (Fsp3) is 0.286. The summed E-state index contributed by atoms with van der Waals surface area (Å²) in [6.07, 6.45) is 2.66. The highest BCUT2D eigenvalue weighted by Gasteiger charge is 2.33. The molecule has 1 aliphatic carbocycles. The van der Waals surface area contributed by atoms with E-state index in [9.17, 15) is 0 Å². The fourth-order valence-electron chi connectivity index (χ4n) is 2.11. The molecule has 1 fully saturated rings. The summed E-state index contributed by atoms with van der Waals surface area (Å²) >= 11 is 9.08. The molecule has 0 amide bonds. The molecule has 1 aliphatic rings. The lowest BCUT2D eigenvalue weighted by Crippen LogP contribution is -2.12. The summed E-state index contributed by atoms with van der Waals surface area (Å²) in [5.41, 5.74) is 1.16. The largest absolute Gasteiger partial charge is 0.375 e. The predicted molar refractivity (Wildman–Crippen MR) is 85.2 cm³/mol. The molecule has 2 aromatic rings. The molecule has 0 saturated heterocycles. The number of nitrogens with one attached hydrogen (secondary N) is 1. The number of para-hydroxylation sites is 1. The van der Waals surface area contributed by atoms with Crippen molar-refractivity contribution in [2.75, 3.05) is 5.32 Å². The van der Waals surface area contributed by atoms with Crippen molar-refractivity contribution in [1.29, 1.82) is 0 Å². The van der Waals surface area contributed by atoms with Crippen molar-refractivity contribution in [1.82, 2.24) is 0 Å². The van der Waals surface area contributed by atoms with Gasteiger partial charge in [0, 0.05) is 13.8 Å². The molecule has 1 atom stereocenters. The van der Waals surface area contributed by atoms with Gasteiger partial charge in [-0.25, -0.2) is 0 Å². The molecule has 94 valence electrons. The summed E-state index contributed by atoms with van der Waals surface area (Å²) in [6, 6.07) is 11.0. The number of anilines is 1. The van der Waals surface area contributed by atoms with E-state index in [1.165, 1.54) is 17.7 Å². The lowest BCUT2D eigenvalue weighted by molar-refractivity contribution is 0.690. The van der Waals surface area contributed by atoms with Crippen LogP contribution in [0.1, 0.15) is 23.8 Å². The summed E-state index contributed by atoms with van der Waals surface area (Å²) in [4.78, 5) is 1.43. The number of benzene rings is 1. The van der Waals surface area contributed by atoms with E-state index in [-0.39, 0.29) is 0 Å². The monoisotopic (exact) mass is 385 g/mol. The van der Waals surface area contributed by atoms with E-state index in [2.05, 4.69) is 66.8 Å². The Kier molecular flexibility index (Phi) is 3.78. The smallest absolute Gasteiger partial charge is 0.0635 e. The lowest BCUT2D eigenvalue weighted by Gasteiger charge is -2.20. The van der Waals surface area contributed by atoms with Gasteiger partial charge in [-0.2, -0.15) is 0 Å². The molecule has 1 aromatic heterocycles. The predicted octanol–water partition coefficient (Wildman–Crippen LogP) is 5.84. The van der Waals surface area contributed by atoms with Gasteiger partial charge in [-0.05, 0) is 74.2 Å². The maximum Gasteiger partial charge on any atom is 0.0635 e. The highest BCUT2D eigenvalue weighted by atomic mass is 79.9. The van der Waals surface area contributed by atoms with Crippen LogP contribution in [0.4, 0.5) is 5.69 Å². The van der Waals surface area contributed by atoms with Gasteiger partial charge in [0.2, 0.25) is 0 Å². The van der Waals surface area contributed by atoms with Crippen molar-refractivity contribution < 1.29 is 0 Å². The third kappa shape index (κ3) is 2.65. The van der Waals surface area contributed by atoms with Crippen LogP contribution in [-0.2, 0) is 0 Å². The molecule has 1 unspecified atom stereocenters. The van der Waals surface area contributed by atoms with Gasteiger partial charge in [0.1, 0.15) is 0 Å². The fourth-order valence-corrected chi connectivity index (χ4v) is 4.21. The number of halogens is 2. The zero-order valence-corrected chi connectivity index (χ0v) is 13.7. The third-order valence-corrected chi connectivity index (χ3v) is 5.48. The van der Waals surface area contributed by atoms with Crippen LogP contribution >= 0.6 is 43.2 Å². The summed E-state index contributed by atoms with van der Waals surface area (Å²) in [5, 5.41) is 5.85. The minimum absolute atomic E-state index is 0.444. The first-order valence-electron chi connectivity index (χ1n) is 5.99. The van der Waals surface area contributed by atoms with Crippen molar-refractivity contribution in [3.8, 4) is 0 Å². The van der Waals surface area contributed by atoms with E-state index in [1.807, 2.05) is 17.4 Å². The van der Waals surface area contributed by atoms with Gasteiger partial charge >= 0.3 is 0 Å². The van der Waals surface area contributed by atoms with Gasteiger partial charge in [-0.1, -0.05) is 12.1 Å². The molecule has 1 heterocycles. The van der Waals surface area contributed by atoms with E-state index in [0.717, 1.165) is 20.6 Å². The van der Waals surface area contributed by atoms with Crippen LogP contribution in [0.2, 0.25) is 0 Å². The Labute approximate surface area is 128 Å². The van der Waals surface area contributed by atoms with Crippen molar-refractivity contribution in [2.24, 2.45) is 5.92 Å². The minimum atomic E-state index is 0.444. The van der Waals surface area contributed by atoms with E-state index >= 15 is 0 Å². The van der Waals surface area contributed by atoms with Crippen LogP contribution in [0.5, 0.6) is 0 Å². The average Bonchev–Trinajstić information content (AvgIpc) is 3.04. The van der Waals surface area contributed by atoms with Gasteiger partial charge in [0.25, 0.3) is 0 Å². The number of hydrogen-bond acceptors (Lipinski definition) is 2. The summed E-state index contributed by atoms with van der Waals surface area (Å²) in [5.74, 6) is 0.780. The quantitative estimate of drug-likeness (QED) is 0.696. The Balaban J connectivity index is 1.89. The van der Waals surface area contributed by atoms with E-state index < -0.39 is 0 Å². The normalized spacial score (nSPS) is 16.6. The molecular formula is C14H13Br2NS. The molecular weight excluding hydrogens is 374 g/mol. The Morgan fingerprint density at radius 1 is 1.11 bits per heavy atom. The second-order valence-corrected chi connectivity index (χ2v) is 7.26. The molecule has 1 N–H and O–H groups in total. The average molecular weight is 387 g/mol. The number of hydrogen-bond donors (Lipinski definition) is 1. The molecule has 0 spiro atoms. The molecule has 0 bridgehead atoms. The summed E-state index contributed by atoms with van der Waals surface area (Å²) < 4.78 is 2.22. The van der Waals surface area contributed by atoms with Crippen LogP contribution < -0.4 is 5.32 Å². The Morgan fingerprint density at radius 2 is 1.83 bits per heavy atom. The minimum Gasteiger partial charge on any atom is -0.375 e. The summed E-state index contributed by atoms with van der Waals surface area (Å²) in [6.45, 7) is 0. The highest BCUT2D eigenvalue weighted by Crippen LogP contribution is 2.45. The first-order valence-corrected chi connectivity index (χ1v) is 8.46. The topological polar surface area (TPSA) is 12.0 Å². The molecule has 3 rings (SSSR count). The number of rotatable bonds is 4. The molecule has 1 nitrogen and oxygen atoms in total. The standard InChI is InChI=1S/C14H13Br2NS/c15-10-3-1-4-11(16)14(10)17-13(9-6-7-9)12-5-2-8-18-12/h1-5,8-9,13,17H,6-7H2. The number of thiophene rings is 1. The second kappa shape index (κ2) is 5.35. The van der Waals surface area contributed by atoms with Crippen LogP contribution in [0, 0.1) is 5.92 Å². The van der Waals surface area contributed by atoms with Crippen molar-refractivity contribution in [3.05, 3.63) is 49.5 Å². The van der Waals surface area contributed by atoms with Gasteiger partial charge in [0.15, 0.2) is 0 Å². The van der Waals surface area contributed by atoms with E-state index in [4.69, 9.17) is 0 Å². The second-order valence-electron chi connectivity index (χ2n) is 4.57. The van der Waals surface area contributed by atoms with Gasteiger partial charge in [-0.3, -0.25) is 0 Å². The Bertz CT molecular complexity index is 514. The Morgan fingerprint density at radius 3 is 2.39 bits per heavy atom. The third-order valence-electron chi connectivity index (χ3n) is 3.21. The SMILES string of the molecule is Brc1cccc(Br)c1NC(c1cccs1)C1CC1. The van der Waals surface area contributed by atoms with Crippen LogP contribution in [-0.4, -0.2) is 0 Å². The first kappa shape index (κ1) is 12.7. The van der Waals surface area contributed by atoms with E-state index in [1.54, 1.807) is 0 Å². The zero-order chi connectivity index (χ0) is 12.5. The molecule has 18 heavy (non-hydrogen) atoms. The highest BCUT2D eigenvalue weighted by molar-refractivity contribution is 9.11. The molecule has 1 saturated carbocycles. The van der Waals surface area contributed by atoms with E-state index in [0.29, 0.717) is 6.04 Å². The lowest BCUT2D eigenvalue weighted by atomic mass is 10.1.